The Kier molecular flexibility index (Phi) is 3.84. The van der Waals surface area contributed by atoms with E-state index in [4.69, 9.17) is 9.15 Å². The topological polar surface area (TPSA) is 72.3 Å². The zero-order valence-electron chi connectivity index (χ0n) is 14.5. The third-order valence-corrected chi connectivity index (χ3v) is 4.36. The molecular formula is C21H17NO4. The molecule has 0 aliphatic rings. The van der Waals surface area contributed by atoms with Gasteiger partial charge in [-0.3, -0.25) is 4.79 Å². The van der Waals surface area contributed by atoms with Crippen molar-refractivity contribution < 1.29 is 13.9 Å². The van der Waals surface area contributed by atoms with Gasteiger partial charge in [0.15, 0.2) is 5.58 Å². The monoisotopic (exact) mass is 347 g/mol. The molecule has 0 unspecified atom stereocenters. The molecular weight excluding hydrogens is 330 g/mol. The lowest BCUT2D eigenvalue weighted by atomic mass is 9.99. The number of benzene rings is 2. The van der Waals surface area contributed by atoms with Crippen LogP contribution in [0.15, 0.2) is 57.7 Å². The number of aromatic nitrogens is 1. The predicted molar refractivity (Wildman–Crippen MR) is 100 cm³/mol. The highest BCUT2D eigenvalue weighted by atomic mass is 16.5. The van der Waals surface area contributed by atoms with E-state index >= 15 is 0 Å². The molecule has 2 aromatic heterocycles. The molecule has 0 atom stereocenters. The number of carbonyl (C=O) groups excluding carboxylic acids is 1. The van der Waals surface area contributed by atoms with Crippen LogP contribution in [-0.4, -0.2) is 17.6 Å². The van der Waals surface area contributed by atoms with Gasteiger partial charge in [0.05, 0.1) is 12.1 Å². The van der Waals surface area contributed by atoms with Gasteiger partial charge in [-0.05, 0) is 31.5 Å². The normalized spacial score (nSPS) is 11.2. The van der Waals surface area contributed by atoms with E-state index < -0.39 is 11.5 Å². The van der Waals surface area contributed by atoms with Crippen molar-refractivity contribution in [3.8, 4) is 11.1 Å². The number of para-hydroxylation sites is 1. The van der Waals surface area contributed by atoms with Gasteiger partial charge >= 0.3 is 5.97 Å². The number of rotatable bonds is 3. The maximum Gasteiger partial charge on any atom is 0.344 e. The van der Waals surface area contributed by atoms with Crippen LogP contribution in [0.25, 0.3) is 33.2 Å². The molecule has 0 bridgehead atoms. The second-order valence-corrected chi connectivity index (χ2v) is 6.09. The molecule has 0 aliphatic carbocycles. The van der Waals surface area contributed by atoms with Gasteiger partial charge in [0, 0.05) is 10.9 Å². The lowest BCUT2D eigenvalue weighted by molar-refractivity contribution is 0.0525. The Morgan fingerprint density at radius 3 is 2.58 bits per heavy atom. The fourth-order valence-corrected chi connectivity index (χ4v) is 3.14. The fraction of sp³-hybridized carbons (Fsp3) is 0.143. The average Bonchev–Trinajstić information content (AvgIpc) is 3.00. The molecule has 0 saturated carbocycles. The van der Waals surface area contributed by atoms with Gasteiger partial charge in [-0.25, -0.2) is 4.79 Å². The third kappa shape index (κ3) is 2.49. The zero-order valence-corrected chi connectivity index (χ0v) is 14.5. The Labute approximate surface area is 149 Å². The van der Waals surface area contributed by atoms with Crippen LogP contribution in [-0.2, 0) is 4.74 Å². The number of esters is 1. The third-order valence-electron chi connectivity index (χ3n) is 4.36. The molecule has 130 valence electrons. The van der Waals surface area contributed by atoms with Crippen LogP contribution in [0.2, 0.25) is 0 Å². The van der Waals surface area contributed by atoms with Crippen LogP contribution >= 0.6 is 0 Å². The number of fused-ring (bicyclic) bond motifs is 3. The van der Waals surface area contributed by atoms with E-state index in [0.717, 1.165) is 16.5 Å². The zero-order chi connectivity index (χ0) is 18.3. The number of ether oxygens (including phenoxy) is 1. The summed E-state index contributed by atoms with van der Waals surface area (Å²) < 4.78 is 11.1. The maximum atomic E-state index is 12.8. The average molecular weight is 347 g/mol. The number of furan rings is 1. The first-order valence-electron chi connectivity index (χ1n) is 8.42. The summed E-state index contributed by atoms with van der Waals surface area (Å²) in [4.78, 5) is 28.0. The van der Waals surface area contributed by atoms with Crippen molar-refractivity contribution in [3.63, 3.8) is 0 Å². The van der Waals surface area contributed by atoms with Crippen LogP contribution in [0, 0.1) is 6.92 Å². The number of H-pyrrole nitrogens is 1. The summed E-state index contributed by atoms with van der Waals surface area (Å²) in [7, 11) is 0. The Bertz CT molecular complexity index is 1180. The number of hydrogen-bond acceptors (Lipinski definition) is 4. The van der Waals surface area contributed by atoms with Crippen molar-refractivity contribution in [2.75, 3.05) is 6.61 Å². The van der Waals surface area contributed by atoms with Crippen LogP contribution in [0.4, 0.5) is 0 Å². The molecule has 2 heterocycles. The van der Waals surface area contributed by atoms with E-state index in [1.807, 2.05) is 55.5 Å². The molecule has 0 aliphatic heterocycles. The predicted octanol–water partition coefficient (Wildman–Crippen LogP) is 4.43. The molecule has 0 fully saturated rings. The van der Waals surface area contributed by atoms with Gasteiger partial charge in [0.25, 0.3) is 5.56 Å². The molecule has 0 saturated heterocycles. The molecule has 4 aromatic rings. The highest BCUT2D eigenvalue weighted by molar-refractivity contribution is 6.12. The van der Waals surface area contributed by atoms with Gasteiger partial charge in [0.2, 0.25) is 0 Å². The van der Waals surface area contributed by atoms with Crippen LogP contribution in [0.3, 0.4) is 0 Å². The van der Waals surface area contributed by atoms with Gasteiger partial charge in [-0.15, -0.1) is 0 Å². The molecule has 1 N–H and O–H groups in total. The van der Waals surface area contributed by atoms with Gasteiger partial charge in [-0.2, -0.15) is 0 Å². The number of carbonyl (C=O) groups is 1. The maximum absolute atomic E-state index is 12.8. The highest BCUT2D eigenvalue weighted by Crippen LogP contribution is 2.35. The molecule has 0 amide bonds. The van der Waals surface area contributed by atoms with Crippen LogP contribution in [0.5, 0.6) is 0 Å². The first-order valence-corrected chi connectivity index (χ1v) is 8.42. The first kappa shape index (κ1) is 16.1. The van der Waals surface area contributed by atoms with Crippen molar-refractivity contribution in [1.29, 1.82) is 0 Å². The van der Waals surface area contributed by atoms with Gasteiger partial charge in [-0.1, -0.05) is 42.0 Å². The largest absolute Gasteiger partial charge is 0.462 e. The Hall–Kier alpha value is -3.34. The smallest absolute Gasteiger partial charge is 0.344 e. The SMILES string of the molecule is CCOC(=O)c1c(-c2ccc(C)cc2)c2oc3ccccc3c2[nH]c1=O. The molecule has 5 nitrogen and oxygen atoms in total. The van der Waals surface area contributed by atoms with E-state index in [2.05, 4.69) is 4.98 Å². The van der Waals surface area contributed by atoms with Crippen molar-refractivity contribution in [2.24, 2.45) is 0 Å². The minimum atomic E-state index is -0.660. The number of nitrogens with one attached hydrogen (secondary N) is 1. The fourth-order valence-electron chi connectivity index (χ4n) is 3.14. The molecule has 26 heavy (non-hydrogen) atoms. The molecule has 0 spiro atoms. The molecule has 4 rings (SSSR count). The Morgan fingerprint density at radius 2 is 1.85 bits per heavy atom. The van der Waals surface area contributed by atoms with E-state index in [9.17, 15) is 9.59 Å². The van der Waals surface area contributed by atoms with Gasteiger partial charge in [0.1, 0.15) is 11.1 Å². The van der Waals surface area contributed by atoms with Crippen molar-refractivity contribution >= 4 is 28.0 Å². The highest BCUT2D eigenvalue weighted by Gasteiger charge is 2.25. The summed E-state index contributed by atoms with van der Waals surface area (Å²) in [6.07, 6.45) is 0. The van der Waals surface area contributed by atoms with Gasteiger partial charge < -0.3 is 14.1 Å². The Morgan fingerprint density at radius 1 is 1.12 bits per heavy atom. The van der Waals surface area contributed by atoms with E-state index in [-0.39, 0.29) is 12.2 Å². The number of pyridine rings is 1. The minimum absolute atomic E-state index is 0.0396. The second-order valence-electron chi connectivity index (χ2n) is 6.09. The van der Waals surface area contributed by atoms with Crippen molar-refractivity contribution in [3.05, 3.63) is 70.0 Å². The molecule has 2 aromatic carbocycles. The quantitative estimate of drug-likeness (QED) is 0.557. The molecule has 5 heteroatoms. The lowest BCUT2D eigenvalue weighted by Crippen LogP contribution is -2.21. The molecule has 0 radical (unpaired) electrons. The van der Waals surface area contributed by atoms with Crippen LogP contribution < -0.4 is 5.56 Å². The summed E-state index contributed by atoms with van der Waals surface area (Å²) in [5.41, 5.74) is 3.43. The summed E-state index contributed by atoms with van der Waals surface area (Å²) in [5.74, 6) is -0.660. The number of hydrogen-bond donors (Lipinski definition) is 1. The van der Waals surface area contributed by atoms with E-state index in [0.29, 0.717) is 22.2 Å². The van der Waals surface area contributed by atoms with Crippen molar-refractivity contribution in [2.45, 2.75) is 13.8 Å². The van der Waals surface area contributed by atoms with E-state index in [1.165, 1.54) is 0 Å². The first-order chi connectivity index (χ1) is 12.6. The Balaban J connectivity index is 2.15. The number of aryl methyl sites for hydroxylation is 1. The van der Waals surface area contributed by atoms with Crippen LogP contribution in [0.1, 0.15) is 22.8 Å². The van der Waals surface area contributed by atoms with Crippen molar-refractivity contribution in [1.82, 2.24) is 4.98 Å². The standard InChI is InChI=1S/C21H17NO4/c1-3-25-21(24)17-16(13-10-8-12(2)9-11-13)19-18(22-20(17)23)14-6-4-5-7-15(14)26-19/h4-11H,3H2,1-2H3,(H,22,23). The number of aromatic amines is 1. The lowest BCUT2D eigenvalue weighted by Gasteiger charge is -2.09. The summed E-state index contributed by atoms with van der Waals surface area (Å²) >= 11 is 0. The second kappa shape index (κ2) is 6.19. The van der Waals surface area contributed by atoms with E-state index in [1.54, 1.807) is 6.92 Å². The summed E-state index contributed by atoms with van der Waals surface area (Å²) in [6.45, 7) is 3.87. The summed E-state index contributed by atoms with van der Waals surface area (Å²) in [5, 5.41) is 0.795. The minimum Gasteiger partial charge on any atom is -0.462 e. The summed E-state index contributed by atoms with van der Waals surface area (Å²) in [6, 6.07) is 15.1.